The minimum atomic E-state index is 0.0640. The fraction of sp³-hybridized carbons (Fsp3) is 0.534. The Hall–Kier alpha value is -7.52. The van der Waals surface area contributed by atoms with Crippen molar-refractivity contribution in [2.75, 3.05) is 75.1 Å². The number of rotatable bonds is 24. The Morgan fingerprint density at radius 1 is 0.527 bits per heavy atom. The Bertz CT molecular complexity index is 3530. The van der Waals surface area contributed by atoms with Gasteiger partial charge in [-0.1, -0.05) is 106 Å². The van der Waals surface area contributed by atoms with Crippen molar-refractivity contribution >= 4 is 78.5 Å². The lowest BCUT2D eigenvalue weighted by Gasteiger charge is -2.38. The third kappa shape index (κ3) is 14.4. The Kier molecular flexibility index (Phi) is 20.0. The fourth-order valence-electron chi connectivity index (χ4n) is 16.3. The zero-order valence-electron chi connectivity index (χ0n) is 55.4. The molecule has 93 heavy (non-hydrogen) atoms. The van der Waals surface area contributed by atoms with Gasteiger partial charge in [0.25, 0.3) is 6.01 Å². The number of hydrogen-bond acceptors (Lipinski definition) is 16. The summed E-state index contributed by atoms with van der Waals surface area (Å²) >= 11 is 1.48. The van der Waals surface area contributed by atoms with Crippen molar-refractivity contribution in [1.29, 1.82) is 0 Å². The van der Waals surface area contributed by atoms with E-state index in [0.717, 1.165) is 119 Å². The second-order valence-corrected chi connectivity index (χ2v) is 28.7. The zero-order chi connectivity index (χ0) is 64.1. The molecular formula is C73H95N15O4S. The highest BCUT2D eigenvalue weighted by Gasteiger charge is 2.41. The van der Waals surface area contributed by atoms with Gasteiger partial charge in [-0.25, -0.2) is 4.98 Å². The van der Waals surface area contributed by atoms with E-state index in [0.29, 0.717) is 102 Å². The van der Waals surface area contributed by atoms with E-state index in [4.69, 9.17) is 4.42 Å². The molecule has 0 radical (unpaired) electrons. The highest BCUT2D eigenvalue weighted by molar-refractivity contribution is 7.17. The van der Waals surface area contributed by atoms with Crippen LogP contribution >= 0.6 is 11.3 Å². The Balaban J connectivity index is 0.000000127. The highest BCUT2D eigenvalue weighted by atomic mass is 32.1. The van der Waals surface area contributed by atoms with Gasteiger partial charge in [-0.3, -0.25) is 34.2 Å². The van der Waals surface area contributed by atoms with Crippen molar-refractivity contribution < 1.29 is 18.8 Å². The number of carbonyl (C=O) groups is 3. The van der Waals surface area contributed by atoms with Crippen LogP contribution in [0, 0.1) is 17.8 Å². The van der Waals surface area contributed by atoms with Crippen LogP contribution in [-0.2, 0) is 19.3 Å². The number of benzene rings is 3. The number of carbonyl (C=O) groups excluding carboxylic acids is 3. The molecule has 3 aromatic carbocycles. The van der Waals surface area contributed by atoms with Gasteiger partial charge in [0, 0.05) is 146 Å². The third-order valence-electron chi connectivity index (χ3n) is 21.6. The average Bonchev–Trinajstić information content (AvgIpc) is 1.75. The van der Waals surface area contributed by atoms with E-state index in [2.05, 4.69) is 196 Å². The molecule has 0 aliphatic carbocycles. The van der Waals surface area contributed by atoms with Crippen molar-refractivity contribution in [3.05, 3.63) is 131 Å². The molecule has 0 saturated carbocycles. The summed E-state index contributed by atoms with van der Waals surface area (Å²) in [6.45, 7) is 12.3. The van der Waals surface area contributed by atoms with Crippen LogP contribution in [0.1, 0.15) is 165 Å². The predicted octanol–water partition coefficient (Wildman–Crippen LogP) is 13.0. The molecule has 6 aliphatic rings. The lowest BCUT2D eigenvalue weighted by atomic mass is 9.90. The van der Waals surface area contributed by atoms with Crippen LogP contribution in [0.4, 0.5) is 17.1 Å². The number of aromatic nitrogens is 9. The van der Waals surface area contributed by atoms with Gasteiger partial charge in [0.05, 0.1) is 6.20 Å². The smallest absolute Gasteiger partial charge is 0.297 e. The molecule has 12 heterocycles. The van der Waals surface area contributed by atoms with E-state index in [-0.39, 0.29) is 17.3 Å². The van der Waals surface area contributed by atoms with Crippen LogP contribution in [0.2, 0.25) is 0 Å². The van der Waals surface area contributed by atoms with Gasteiger partial charge < -0.3 is 34.1 Å². The largest absolute Gasteiger partial charge is 0.420 e. The van der Waals surface area contributed by atoms with Gasteiger partial charge >= 0.3 is 0 Å². The average molecular weight is 1280 g/mol. The molecule has 19 nitrogen and oxygen atoms in total. The number of piperazine rings is 3. The maximum Gasteiger partial charge on any atom is 0.297 e. The number of likely N-dealkylation sites (N-methyl/N-ethyl adjacent to an activating group) is 3. The maximum absolute atomic E-state index is 13.1. The first-order valence-corrected chi connectivity index (χ1v) is 35.5. The van der Waals surface area contributed by atoms with Crippen molar-refractivity contribution in [2.24, 2.45) is 17.8 Å². The van der Waals surface area contributed by atoms with Crippen LogP contribution < -0.4 is 14.7 Å². The van der Waals surface area contributed by atoms with Gasteiger partial charge in [0.1, 0.15) is 0 Å². The number of oxazole rings is 1. The van der Waals surface area contributed by atoms with E-state index < -0.39 is 0 Å². The van der Waals surface area contributed by atoms with Gasteiger partial charge in [0.15, 0.2) is 33.9 Å². The van der Waals surface area contributed by atoms with Crippen LogP contribution in [0.25, 0.3) is 32.7 Å². The monoisotopic (exact) mass is 1280 g/mol. The van der Waals surface area contributed by atoms with Crippen LogP contribution in [0.5, 0.6) is 0 Å². The first-order valence-electron chi connectivity index (χ1n) is 34.7. The molecule has 6 aromatic heterocycles. The summed E-state index contributed by atoms with van der Waals surface area (Å²) in [4.78, 5) is 72.6. The van der Waals surface area contributed by atoms with Gasteiger partial charge in [-0.2, -0.15) is 4.98 Å². The number of aromatic amines is 4. The van der Waals surface area contributed by atoms with Crippen molar-refractivity contribution in [1.82, 2.24) is 60.0 Å². The highest BCUT2D eigenvalue weighted by Crippen LogP contribution is 2.36. The Morgan fingerprint density at radius 3 is 1.39 bits per heavy atom. The van der Waals surface area contributed by atoms with Crippen molar-refractivity contribution in [3.8, 4) is 0 Å². The van der Waals surface area contributed by atoms with Gasteiger partial charge in [-0.15, -0.1) is 15.3 Å². The molecule has 492 valence electrons. The first-order chi connectivity index (χ1) is 45.4. The Labute approximate surface area is 550 Å². The minimum Gasteiger partial charge on any atom is -0.420 e. The van der Waals surface area contributed by atoms with Crippen LogP contribution in [0.3, 0.4) is 0 Å². The molecule has 6 saturated heterocycles. The molecule has 0 amide bonds. The number of Topliss-reactive ketones (excluding diaryl/α,β-unsaturated/α-hetero) is 3. The van der Waals surface area contributed by atoms with Crippen LogP contribution in [0.15, 0.2) is 102 Å². The summed E-state index contributed by atoms with van der Waals surface area (Å²) in [6, 6.07) is 29.2. The zero-order valence-corrected chi connectivity index (χ0v) is 56.2. The van der Waals surface area contributed by atoms with E-state index in [1.165, 1.54) is 82.7 Å². The normalized spacial score (nSPS) is 22.3. The summed E-state index contributed by atoms with van der Waals surface area (Å²) in [5, 5.41) is 21.3. The summed E-state index contributed by atoms with van der Waals surface area (Å²) in [5.74, 6) is 2.67. The SMILES string of the molecule is CCCC(CC(=O)c1cnc(N2CC3CCC(C2)N3C)o1)Cc1c[nH]c2ccccc12.CCCC(CC(=O)c1nc(N2CC3CCC(C2)N3C)n[nH]1)Cc1c[nH]c2ccccc12.CCCC(CC(=O)c1nnc(N2CC3CCC(C2)N3C)s1)Cc1c[nH]c2ccccc12. The van der Waals surface area contributed by atoms with E-state index >= 15 is 0 Å². The molecule has 20 heteroatoms. The maximum atomic E-state index is 13.1. The number of H-pyrrole nitrogens is 4. The lowest BCUT2D eigenvalue weighted by molar-refractivity contribution is 0.0927. The summed E-state index contributed by atoms with van der Waals surface area (Å²) in [7, 11) is 6.66. The van der Waals surface area contributed by atoms with Crippen molar-refractivity contribution in [2.45, 2.75) is 173 Å². The molecule has 0 spiro atoms. The number of para-hydroxylation sites is 3. The molecule has 6 bridgehead atoms. The number of hydrogen-bond donors (Lipinski definition) is 4. The second-order valence-electron chi connectivity index (χ2n) is 27.8. The molecule has 6 fully saturated rings. The second kappa shape index (κ2) is 29.0. The summed E-state index contributed by atoms with van der Waals surface area (Å²) < 4.78 is 5.97. The third-order valence-corrected chi connectivity index (χ3v) is 22.6. The molecule has 9 atom stereocenters. The number of fused-ring (bicyclic) bond motifs is 9. The predicted molar refractivity (Wildman–Crippen MR) is 371 cm³/mol. The number of ketones is 3. The molecular weight excluding hydrogens is 1180 g/mol. The number of anilines is 3. The summed E-state index contributed by atoms with van der Waals surface area (Å²) in [5.41, 5.74) is 7.34. The van der Waals surface area contributed by atoms with E-state index in [9.17, 15) is 14.4 Å². The Morgan fingerprint density at radius 2 is 0.935 bits per heavy atom. The minimum absolute atomic E-state index is 0.0640. The van der Waals surface area contributed by atoms with Crippen molar-refractivity contribution in [3.63, 3.8) is 0 Å². The van der Waals surface area contributed by atoms with E-state index in [1.807, 2.05) is 12.1 Å². The standard InChI is InChI=1S/C25H32N4O2.C24H32N6O.C24H31N5OS/c1-3-6-17(11-18-13-26-22-8-5-4-7-21(18)22)12-23(30)24-14-27-25(31-24)29-15-19-9-10-20(16-29)28(19)2;1-3-6-16(11-17-13-25-21-8-5-4-7-20(17)21)12-22(31)23-26-24(28-27-23)30-14-18-9-10-19(15-30)29(18)2;1-3-6-16(11-17-13-25-21-8-5-4-7-20(17)21)12-22(30)23-26-27-24(31-23)29-14-18-9-10-19(15-29)28(18)2/h4-5,7-8,13-14,17,19-20,26H,3,6,9-12,15-16H2,1-2H3;4-5,7-8,13,16,18-19,25H,3,6,9-12,14-15H2,1-2H3,(H,26,27,28);4-5,7-8,13,16,18-19,25H,3,6,9-12,14-15H2,1-2H3. The molecule has 4 N–H and O–H groups in total. The van der Waals surface area contributed by atoms with Gasteiger partial charge in [0.2, 0.25) is 11.1 Å². The first kappa shape index (κ1) is 64.2. The lowest BCUT2D eigenvalue weighted by Crippen LogP contribution is -2.52. The quantitative estimate of drug-likeness (QED) is 0.0415. The topological polar surface area (TPSA) is 211 Å². The van der Waals surface area contributed by atoms with Gasteiger partial charge in [-0.05, 0) is 151 Å². The number of nitrogens with zero attached hydrogens (tertiary/aromatic N) is 11. The molecule has 6 aliphatic heterocycles. The fourth-order valence-corrected chi connectivity index (χ4v) is 17.1. The molecule has 9 unspecified atom stereocenters. The van der Waals surface area contributed by atoms with Crippen LogP contribution in [-0.4, -0.2) is 174 Å². The molecule has 15 rings (SSSR count). The molecule has 9 aromatic rings. The summed E-state index contributed by atoms with van der Waals surface area (Å²) in [6.07, 6.45) is 25.9. The van der Waals surface area contributed by atoms with E-state index in [1.54, 1.807) is 6.20 Å². The number of nitrogens with one attached hydrogen (secondary N) is 4.